The predicted octanol–water partition coefficient (Wildman–Crippen LogP) is 2.62. The molecule has 0 aliphatic rings. The van der Waals surface area contributed by atoms with Gasteiger partial charge >= 0.3 is 0 Å². The van der Waals surface area contributed by atoms with Crippen LogP contribution in [0.1, 0.15) is 25.3 Å². The molecule has 3 nitrogen and oxygen atoms in total. The van der Waals surface area contributed by atoms with Crippen LogP contribution in [0.25, 0.3) is 0 Å². The molecule has 1 aromatic carbocycles. The first-order valence-corrected chi connectivity index (χ1v) is 4.27. The van der Waals surface area contributed by atoms with Crippen LogP contribution in [0.4, 0.5) is 5.69 Å². The smallest absolute Gasteiger partial charge is 0.144 e. The number of methoxy groups -OCH3 is 1. The van der Waals surface area contributed by atoms with Gasteiger partial charge in [-0.3, -0.25) is 10.7 Å². The van der Waals surface area contributed by atoms with E-state index in [0.29, 0.717) is 17.4 Å². The molecule has 0 fully saturated rings. The number of hydrogen-bond donors (Lipinski definition) is 2. The van der Waals surface area contributed by atoms with Gasteiger partial charge in [-0.25, -0.2) is 0 Å². The standard InChI is InChI=1S/C10H15NO2/c1-7(2)8-4-5-9(11-12)10(6-8)13-3/h4-7,11-12H,1-3H3. The Morgan fingerprint density at radius 1 is 1.38 bits per heavy atom. The third-order valence-corrected chi connectivity index (χ3v) is 2.01. The summed E-state index contributed by atoms with van der Waals surface area (Å²) in [6, 6.07) is 5.68. The fraction of sp³-hybridized carbons (Fsp3) is 0.400. The summed E-state index contributed by atoms with van der Waals surface area (Å²) in [5.74, 6) is 1.12. The van der Waals surface area contributed by atoms with Crippen molar-refractivity contribution in [1.82, 2.24) is 0 Å². The van der Waals surface area contributed by atoms with E-state index in [2.05, 4.69) is 19.3 Å². The monoisotopic (exact) mass is 181 g/mol. The molecule has 0 aliphatic carbocycles. The van der Waals surface area contributed by atoms with Crippen LogP contribution in [-0.2, 0) is 0 Å². The van der Waals surface area contributed by atoms with Crippen molar-refractivity contribution in [2.75, 3.05) is 12.6 Å². The molecule has 0 spiro atoms. The van der Waals surface area contributed by atoms with Crippen LogP contribution in [0.5, 0.6) is 5.75 Å². The fourth-order valence-electron chi connectivity index (χ4n) is 1.16. The Morgan fingerprint density at radius 2 is 2.08 bits per heavy atom. The summed E-state index contributed by atoms with van der Waals surface area (Å²) in [6.45, 7) is 4.22. The molecule has 0 saturated carbocycles. The van der Waals surface area contributed by atoms with Gasteiger partial charge in [0.05, 0.1) is 7.11 Å². The highest BCUT2D eigenvalue weighted by atomic mass is 16.5. The van der Waals surface area contributed by atoms with Gasteiger partial charge in [-0.05, 0) is 23.6 Å². The second kappa shape index (κ2) is 4.14. The number of nitrogens with one attached hydrogen (secondary N) is 1. The molecule has 0 saturated heterocycles. The highest BCUT2D eigenvalue weighted by molar-refractivity contribution is 5.56. The predicted molar refractivity (Wildman–Crippen MR) is 52.5 cm³/mol. The third-order valence-electron chi connectivity index (χ3n) is 2.01. The largest absolute Gasteiger partial charge is 0.494 e. The van der Waals surface area contributed by atoms with E-state index in [0.717, 1.165) is 0 Å². The van der Waals surface area contributed by atoms with Crippen LogP contribution in [0, 0.1) is 0 Å². The van der Waals surface area contributed by atoms with Crippen molar-refractivity contribution in [3.8, 4) is 5.75 Å². The molecule has 1 rings (SSSR count). The highest BCUT2D eigenvalue weighted by Crippen LogP contribution is 2.27. The molecule has 0 heterocycles. The lowest BCUT2D eigenvalue weighted by Crippen LogP contribution is -1.96. The quantitative estimate of drug-likeness (QED) is 0.704. The molecule has 13 heavy (non-hydrogen) atoms. The fourth-order valence-corrected chi connectivity index (χ4v) is 1.16. The molecule has 0 bridgehead atoms. The Hall–Kier alpha value is -1.22. The summed E-state index contributed by atoms with van der Waals surface area (Å²) in [6.07, 6.45) is 0. The van der Waals surface area contributed by atoms with E-state index < -0.39 is 0 Å². The molecular weight excluding hydrogens is 166 g/mol. The van der Waals surface area contributed by atoms with Crippen LogP contribution in [0.3, 0.4) is 0 Å². The van der Waals surface area contributed by atoms with Crippen molar-refractivity contribution in [2.24, 2.45) is 0 Å². The molecule has 1 aromatic rings. The van der Waals surface area contributed by atoms with Crippen molar-refractivity contribution in [2.45, 2.75) is 19.8 Å². The summed E-state index contributed by atoms with van der Waals surface area (Å²) in [5.41, 5.74) is 3.87. The number of benzene rings is 1. The number of ether oxygens (including phenoxy) is 1. The van der Waals surface area contributed by atoms with Gasteiger partial charge in [0, 0.05) is 0 Å². The van der Waals surface area contributed by atoms with Crippen molar-refractivity contribution >= 4 is 5.69 Å². The average molecular weight is 181 g/mol. The second-order valence-corrected chi connectivity index (χ2v) is 3.23. The first-order chi connectivity index (χ1) is 6.19. The Balaban J connectivity index is 3.05. The SMILES string of the molecule is COc1cc(C(C)C)ccc1NO. The Morgan fingerprint density at radius 3 is 2.54 bits per heavy atom. The van der Waals surface area contributed by atoms with Crippen LogP contribution in [0.15, 0.2) is 18.2 Å². The summed E-state index contributed by atoms with van der Waals surface area (Å²) in [7, 11) is 1.58. The van der Waals surface area contributed by atoms with Crippen LogP contribution in [0.2, 0.25) is 0 Å². The summed E-state index contributed by atoms with van der Waals surface area (Å²) in [5, 5.41) is 8.75. The van der Waals surface area contributed by atoms with Crippen molar-refractivity contribution < 1.29 is 9.94 Å². The van der Waals surface area contributed by atoms with Gasteiger partial charge in [-0.15, -0.1) is 0 Å². The highest BCUT2D eigenvalue weighted by Gasteiger charge is 2.05. The zero-order chi connectivity index (χ0) is 9.84. The average Bonchev–Trinajstić information content (AvgIpc) is 2.16. The van der Waals surface area contributed by atoms with Gasteiger partial charge in [-0.1, -0.05) is 19.9 Å². The molecular formula is C10H15NO2. The van der Waals surface area contributed by atoms with E-state index in [1.54, 1.807) is 13.2 Å². The molecule has 0 amide bonds. The number of anilines is 1. The van der Waals surface area contributed by atoms with Crippen molar-refractivity contribution in [1.29, 1.82) is 0 Å². The summed E-state index contributed by atoms with van der Waals surface area (Å²) >= 11 is 0. The molecule has 0 aliphatic heterocycles. The minimum atomic E-state index is 0.460. The molecule has 0 radical (unpaired) electrons. The minimum absolute atomic E-state index is 0.460. The zero-order valence-electron chi connectivity index (χ0n) is 8.16. The second-order valence-electron chi connectivity index (χ2n) is 3.23. The van der Waals surface area contributed by atoms with E-state index in [4.69, 9.17) is 9.94 Å². The van der Waals surface area contributed by atoms with E-state index in [9.17, 15) is 0 Å². The van der Waals surface area contributed by atoms with Gasteiger partial charge in [0.15, 0.2) is 0 Å². The lowest BCUT2D eigenvalue weighted by atomic mass is 10.0. The van der Waals surface area contributed by atoms with Gasteiger partial charge in [-0.2, -0.15) is 0 Å². The van der Waals surface area contributed by atoms with Crippen molar-refractivity contribution in [3.05, 3.63) is 23.8 Å². The lowest BCUT2D eigenvalue weighted by Gasteiger charge is -2.11. The van der Waals surface area contributed by atoms with Gasteiger partial charge in [0.1, 0.15) is 11.4 Å². The van der Waals surface area contributed by atoms with Gasteiger partial charge < -0.3 is 4.74 Å². The van der Waals surface area contributed by atoms with Crippen LogP contribution in [-0.4, -0.2) is 12.3 Å². The van der Waals surface area contributed by atoms with E-state index >= 15 is 0 Å². The Labute approximate surface area is 78.3 Å². The summed E-state index contributed by atoms with van der Waals surface area (Å²) in [4.78, 5) is 0. The first kappa shape index (κ1) is 9.86. The molecule has 3 heteroatoms. The third kappa shape index (κ3) is 2.12. The molecule has 0 atom stereocenters. The number of hydrogen-bond acceptors (Lipinski definition) is 3. The zero-order valence-corrected chi connectivity index (χ0v) is 8.16. The normalized spacial score (nSPS) is 10.2. The maximum atomic E-state index is 8.75. The molecule has 0 aromatic heterocycles. The topological polar surface area (TPSA) is 41.5 Å². The molecule has 0 unspecified atom stereocenters. The molecule has 72 valence electrons. The van der Waals surface area contributed by atoms with Gasteiger partial charge in [0.2, 0.25) is 0 Å². The maximum Gasteiger partial charge on any atom is 0.144 e. The van der Waals surface area contributed by atoms with Crippen LogP contribution >= 0.6 is 0 Å². The van der Waals surface area contributed by atoms with E-state index in [1.807, 2.05) is 12.1 Å². The summed E-state index contributed by atoms with van der Waals surface area (Å²) < 4.78 is 5.10. The number of rotatable bonds is 3. The lowest BCUT2D eigenvalue weighted by molar-refractivity contribution is 0.373. The Bertz CT molecular complexity index is 284. The maximum absolute atomic E-state index is 8.75. The van der Waals surface area contributed by atoms with Crippen LogP contribution < -0.4 is 10.2 Å². The molecule has 2 N–H and O–H groups in total. The van der Waals surface area contributed by atoms with Crippen molar-refractivity contribution in [3.63, 3.8) is 0 Å². The minimum Gasteiger partial charge on any atom is -0.494 e. The van der Waals surface area contributed by atoms with E-state index in [1.165, 1.54) is 5.56 Å². The van der Waals surface area contributed by atoms with Gasteiger partial charge in [0.25, 0.3) is 0 Å². The first-order valence-electron chi connectivity index (χ1n) is 4.27. The van der Waals surface area contributed by atoms with E-state index in [-0.39, 0.29) is 0 Å². The Kier molecular flexibility index (Phi) is 3.14.